The summed E-state index contributed by atoms with van der Waals surface area (Å²) in [5.41, 5.74) is -0.727. The van der Waals surface area contributed by atoms with Crippen molar-refractivity contribution in [1.29, 1.82) is 5.26 Å². The Labute approximate surface area is 140 Å². The molecule has 0 radical (unpaired) electrons. The monoisotopic (exact) mass is 395 g/mol. The van der Waals surface area contributed by atoms with Gasteiger partial charge in [0.1, 0.15) is 11.7 Å². The highest BCUT2D eigenvalue weighted by Gasteiger charge is 2.44. The summed E-state index contributed by atoms with van der Waals surface area (Å²) in [6.45, 7) is 5.27. The number of halogens is 4. The lowest BCUT2D eigenvalue weighted by Crippen LogP contribution is -2.37. The second-order valence-electron chi connectivity index (χ2n) is 5.62. The number of hydrogen-bond acceptors (Lipinski definition) is 4. The van der Waals surface area contributed by atoms with E-state index in [0.29, 0.717) is 16.7 Å². The average Bonchev–Trinajstić information content (AvgIpc) is 2.71. The summed E-state index contributed by atoms with van der Waals surface area (Å²) in [4.78, 5) is 11.0. The first-order valence-corrected chi connectivity index (χ1v) is 7.76. The Balaban J connectivity index is 3.04. The number of aromatic nitrogens is 2. The van der Waals surface area contributed by atoms with Gasteiger partial charge in [-0.2, -0.15) is 23.5 Å². The van der Waals surface area contributed by atoms with Gasteiger partial charge in [0.2, 0.25) is 0 Å². The molecule has 0 amide bonds. The standard InChI is InChI=1S/C14H17BrF3N3O2/c1-4-5-6-21-10(11(15)9(8-19)20-21)7-13(2,3)23-12(22)14(16,17)18/h4-7H2,1-3H3. The number of unbranched alkanes of at least 4 members (excludes halogenated alkanes) is 1. The molecule has 1 aromatic heterocycles. The van der Waals surface area contributed by atoms with Gasteiger partial charge in [-0.3, -0.25) is 4.68 Å². The van der Waals surface area contributed by atoms with Crippen LogP contribution in [0.4, 0.5) is 13.2 Å². The maximum atomic E-state index is 12.4. The molecule has 0 bridgehead atoms. The van der Waals surface area contributed by atoms with Gasteiger partial charge < -0.3 is 4.74 Å². The molecule has 0 saturated carbocycles. The predicted octanol–water partition coefficient (Wildman–Crippen LogP) is 3.74. The minimum Gasteiger partial charge on any atom is -0.453 e. The zero-order valence-corrected chi connectivity index (χ0v) is 14.6. The molecule has 9 heteroatoms. The van der Waals surface area contributed by atoms with Crippen LogP contribution in [0.3, 0.4) is 0 Å². The van der Waals surface area contributed by atoms with E-state index in [0.717, 1.165) is 12.8 Å². The van der Waals surface area contributed by atoms with Crippen molar-refractivity contribution in [3.05, 3.63) is 15.9 Å². The van der Waals surface area contributed by atoms with Crippen molar-refractivity contribution in [2.75, 3.05) is 0 Å². The van der Waals surface area contributed by atoms with Crippen molar-refractivity contribution < 1.29 is 22.7 Å². The molecular weight excluding hydrogens is 379 g/mol. The molecule has 0 spiro atoms. The van der Waals surface area contributed by atoms with E-state index in [1.165, 1.54) is 13.8 Å². The van der Waals surface area contributed by atoms with Crippen molar-refractivity contribution in [3.8, 4) is 6.07 Å². The smallest absolute Gasteiger partial charge is 0.453 e. The molecule has 0 N–H and O–H groups in total. The van der Waals surface area contributed by atoms with E-state index in [9.17, 15) is 18.0 Å². The number of alkyl halides is 3. The first-order chi connectivity index (χ1) is 10.5. The zero-order valence-electron chi connectivity index (χ0n) is 13.0. The Bertz CT molecular complexity index is 618. The van der Waals surface area contributed by atoms with Crippen LogP contribution in [0, 0.1) is 11.3 Å². The summed E-state index contributed by atoms with van der Waals surface area (Å²) in [7, 11) is 0. The third-order valence-electron chi connectivity index (χ3n) is 3.02. The number of rotatable bonds is 6. The second-order valence-corrected chi connectivity index (χ2v) is 6.41. The molecule has 0 aromatic carbocycles. The number of nitriles is 1. The Hall–Kier alpha value is -1.56. The summed E-state index contributed by atoms with van der Waals surface area (Å²) in [5.74, 6) is -2.24. The fourth-order valence-electron chi connectivity index (χ4n) is 1.96. The first kappa shape index (κ1) is 19.5. The highest BCUT2D eigenvalue weighted by atomic mass is 79.9. The first-order valence-electron chi connectivity index (χ1n) is 6.97. The zero-order chi connectivity index (χ0) is 17.8. The van der Waals surface area contributed by atoms with Crippen molar-refractivity contribution in [2.45, 2.75) is 58.4 Å². The molecule has 0 saturated heterocycles. The molecule has 0 unspecified atom stereocenters. The van der Waals surface area contributed by atoms with E-state index in [1.807, 2.05) is 13.0 Å². The lowest BCUT2D eigenvalue weighted by atomic mass is 10.0. The van der Waals surface area contributed by atoms with Crippen LogP contribution in [-0.4, -0.2) is 27.5 Å². The molecule has 128 valence electrons. The number of carbonyl (C=O) groups is 1. The third kappa shape index (κ3) is 5.23. The predicted molar refractivity (Wildman–Crippen MR) is 79.5 cm³/mol. The fraction of sp³-hybridized carbons (Fsp3) is 0.643. The van der Waals surface area contributed by atoms with Gasteiger partial charge in [0.15, 0.2) is 5.69 Å². The third-order valence-corrected chi connectivity index (χ3v) is 3.85. The van der Waals surface area contributed by atoms with Gasteiger partial charge in [0, 0.05) is 13.0 Å². The van der Waals surface area contributed by atoms with E-state index in [1.54, 1.807) is 4.68 Å². The Morgan fingerprint density at radius 3 is 2.52 bits per heavy atom. The second kappa shape index (κ2) is 7.34. The largest absolute Gasteiger partial charge is 0.490 e. The fourth-order valence-corrected chi connectivity index (χ4v) is 2.47. The van der Waals surface area contributed by atoms with Crippen LogP contribution in [0.1, 0.15) is 45.0 Å². The molecule has 1 rings (SSSR count). The van der Waals surface area contributed by atoms with Gasteiger partial charge in [-0.1, -0.05) is 13.3 Å². The lowest BCUT2D eigenvalue weighted by molar-refractivity contribution is -0.211. The molecule has 0 aliphatic carbocycles. The SMILES string of the molecule is CCCCn1nc(C#N)c(Br)c1CC(C)(C)OC(=O)C(F)(F)F. The summed E-state index contributed by atoms with van der Waals surface area (Å²) >= 11 is 3.24. The number of ether oxygens (including phenoxy) is 1. The van der Waals surface area contributed by atoms with E-state index < -0.39 is 17.7 Å². The van der Waals surface area contributed by atoms with Crippen molar-refractivity contribution in [1.82, 2.24) is 9.78 Å². The maximum absolute atomic E-state index is 12.4. The maximum Gasteiger partial charge on any atom is 0.490 e. The van der Waals surface area contributed by atoms with Crippen LogP contribution in [0.2, 0.25) is 0 Å². The number of esters is 1. The van der Waals surface area contributed by atoms with Gasteiger partial charge in [-0.25, -0.2) is 4.79 Å². The quantitative estimate of drug-likeness (QED) is 0.687. The molecule has 0 aliphatic heterocycles. The normalized spacial score (nSPS) is 12.1. The van der Waals surface area contributed by atoms with Crippen molar-refractivity contribution >= 4 is 21.9 Å². The number of aryl methyl sites for hydroxylation is 1. The van der Waals surface area contributed by atoms with Gasteiger partial charge in [-0.15, -0.1) is 0 Å². The minimum absolute atomic E-state index is 0.00615. The summed E-state index contributed by atoms with van der Waals surface area (Å²) < 4.78 is 43.6. The van der Waals surface area contributed by atoms with Gasteiger partial charge in [0.25, 0.3) is 0 Å². The molecule has 23 heavy (non-hydrogen) atoms. The van der Waals surface area contributed by atoms with E-state index in [4.69, 9.17) is 5.26 Å². The lowest BCUT2D eigenvalue weighted by Gasteiger charge is -2.26. The van der Waals surface area contributed by atoms with E-state index >= 15 is 0 Å². The highest BCUT2D eigenvalue weighted by Crippen LogP contribution is 2.29. The highest BCUT2D eigenvalue weighted by molar-refractivity contribution is 9.10. The molecule has 5 nitrogen and oxygen atoms in total. The van der Waals surface area contributed by atoms with Crippen LogP contribution in [0.5, 0.6) is 0 Å². The van der Waals surface area contributed by atoms with Crippen LogP contribution in [-0.2, 0) is 22.5 Å². The molecule has 0 atom stereocenters. The summed E-state index contributed by atoms with van der Waals surface area (Å²) in [6.07, 6.45) is -3.36. The molecule has 1 aromatic rings. The number of carbonyl (C=O) groups excluding carboxylic acids is 1. The summed E-state index contributed by atoms with van der Waals surface area (Å²) in [6, 6.07) is 1.92. The van der Waals surface area contributed by atoms with Gasteiger partial charge in [0.05, 0.1) is 10.2 Å². The number of nitrogens with zero attached hydrogens (tertiary/aromatic N) is 3. The Morgan fingerprint density at radius 2 is 2.04 bits per heavy atom. The molecule has 0 fully saturated rings. The van der Waals surface area contributed by atoms with Crippen LogP contribution < -0.4 is 0 Å². The topological polar surface area (TPSA) is 67.9 Å². The molecular formula is C14H17BrF3N3O2. The Kier molecular flexibility index (Phi) is 6.22. The minimum atomic E-state index is -5.05. The van der Waals surface area contributed by atoms with Crippen LogP contribution in [0.15, 0.2) is 4.47 Å². The van der Waals surface area contributed by atoms with Crippen LogP contribution in [0.25, 0.3) is 0 Å². The van der Waals surface area contributed by atoms with Crippen LogP contribution >= 0.6 is 15.9 Å². The van der Waals surface area contributed by atoms with Crippen molar-refractivity contribution in [2.24, 2.45) is 0 Å². The summed E-state index contributed by atoms with van der Waals surface area (Å²) in [5, 5.41) is 13.2. The van der Waals surface area contributed by atoms with Gasteiger partial charge in [-0.05, 0) is 36.2 Å². The molecule has 0 aliphatic rings. The Morgan fingerprint density at radius 1 is 1.43 bits per heavy atom. The van der Waals surface area contributed by atoms with Gasteiger partial charge >= 0.3 is 12.1 Å². The molecule has 1 heterocycles. The number of hydrogen-bond donors (Lipinski definition) is 0. The van der Waals surface area contributed by atoms with E-state index in [2.05, 4.69) is 25.8 Å². The van der Waals surface area contributed by atoms with E-state index in [-0.39, 0.29) is 12.1 Å². The van der Waals surface area contributed by atoms with Crippen molar-refractivity contribution in [3.63, 3.8) is 0 Å². The average molecular weight is 396 g/mol.